The number of ether oxygens (including phenoxy) is 1. The maximum atomic E-state index is 12.5. The lowest BCUT2D eigenvalue weighted by Crippen LogP contribution is -2.45. The summed E-state index contributed by atoms with van der Waals surface area (Å²) >= 11 is 0. The molecule has 0 radical (unpaired) electrons. The third kappa shape index (κ3) is 4.42. The number of nitrogens with one attached hydrogen (secondary N) is 2. The van der Waals surface area contributed by atoms with Crippen molar-refractivity contribution in [1.82, 2.24) is 10.6 Å². The van der Waals surface area contributed by atoms with Crippen LogP contribution in [0.3, 0.4) is 0 Å². The lowest BCUT2D eigenvalue weighted by molar-refractivity contribution is -0.144. The van der Waals surface area contributed by atoms with Crippen LogP contribution >= 0.6 is 0 Å². The quantitative estimate of drug-likeness (QED) is 0.579. The van der Waals surface area contributed by atoms with Gasteiger partial charge in [0.2, 0.25) is 5.91 Å². The number of hydrogen-bond acceptors (Lipinski definition) is 5. The van der Waals surface area contributed by atoms with E-state index in [0.29, 0.717) is 12.1 Å². The Bertz CT molecular complexity index is 745. The van der Waals surface area contributed by atoms with Crippen LogP contribution in [0.15, 0.2) is 36.0 Å². The molecule has 6 heteroatoms. The van der Waals surface area contributed by atoms with Gasteiger partial charge in [-0.2, -0.15) is 5.26 Å². The predicted molar refractivity (Wildman–Crippen MR) is 98.5 cm³/mol. The number of nitriles is 1. The first-order valence-electron chi connectivity index (χ1n) is 8.71. The van der Waals surface area contributed by atoms with Gasteiger partial charge in [-0.3, -0.25) is 4.79 Å². The number of rotatable bonds is 7. The molecule has 1 aliphatic heterocycles. The van der Waals surface area contributed by atoms with Crippen molar-refractivity contribution in [2.75, 3.05) is 6.54 Å². The van der Waals surface area contributed by atoms with Gasteiger partial charge in [0.15, 0.2) is 0 Å². The van der Waals surface area contributed by atoms with Crippen molar-refractivity contribution >= 4 is 17.4 Å². The van der Waals surface area contributed by atoms with E-state index >= 15 is 0 Å². The summed E-state index contributed by atoms with van der Waals surface area (Å²) in [6, 6.07) is 10.8. The maximum absolute atomic E-state index is 12.5. The Morgan fingerprint density at radius 3 is 2.50 bits per heavy atom. The molecule has 0 aromatic heterocycles. The van der Waals surface area contributed by atoms with Crippen molar-refractivity contribution in [3.05, 3.63) is 41.6 Å². The average Bonchev–Trinajstić information content (AvgIpc) is 2.80. The minimum absolute atomic E-state index is 0.0738. The van der Waals surface area contributed by atoms with Crippen molar-refractivity contribution in [3.8, 4) is 6.07 Å². The van der Waals surface area contributed by atoms with Crippen LogP contribution in [0.5, 0.6) is 0 Å². The van der Waals surface area contributed by atoms with Crippen LogP contribution in [0.25, 0.3) is 5.57 Å². The van der Waals surface area contributed by atoms with Gasteiger partial charge < -0.3 is 15.4 Å². The second-order valence-corrected chi connectivity index (χ2v) is 7.22. The molecule has 0 aliphatic carbocycles. The fourth-order valence-electron chi connectivity index (χ4n) is 3.09. The highest BCUT2D eigenvalue weighted by Crippen LogP contribution is 2.38. The van der Waals surface area contributed by atoms with Crippen molar-refractivity contribution in [1.29, 1.82) is 5.26 Å². The molecule has 2 N–H and O–H groups in total. The normalized spacial score (nSPS) is 16.8. The minimum atomic E-state index is -0.799. The van der Waals surface area contributed by atoms with Crippen molar-refractivity contribution < 1.29 is 14.3 Å². The standard InChI is InChI=1S/C20H25N3O3/c1-13(2)12-15(18(24)22-11-10-21)23-17-16(14-8-6-5-7-9-14)20(3,4)26-19(17)25/h5-9,13,15,23H,11-12H2,1-4H3,(H,22,24). The summed E-state index contributed by atoms with van der Waals surface area (Å²) in [6.07, 6.45) is 0.524. The van der Waals surface area contributed by atoms with E-state index in [4.69, 9.17) is 10.00 Å². The fourth-order valence-corrected chi connectivity index (χ4v) is 3.09. The van der Waals surface area contributed by atoms with Gasteiger partial charge in [0.05, 0.1) is 6.07 Å². The number of nitrogens with zero attached hydrogens (tertiary/aromatic N) is 1. The zero-order chi connectivity index (χ0) is 19.3. The van der Waals surface area contributed by atoms with Crippen LogP contribution in [-0.4, -0.2) is 30.1 Å². The Hall–Kier alpha value is -2.81. The maximum Gasteiger partial charge on any atom is 0.355 e. The molecule has 138 valence electrons. The Labute approximate surface area is 154 Å². The second kappa shape index (κ2) is 8.05. The number of hydrogen-bond donors (Lipinski definition) is 2. The number of carbonyl (C=O) groups is 2. The first-order valence-corrected chi connectivity index (χ1v) is 8.71. The summed E-state index contributed by atoms with van der Waals surface area (Å²) < 4.78 is 5.54. The summed E-state index contributed by atoms with van der Waals surface area (Å²) in [4.78, 5) is 24.9. The van der Waals surface area contributed by atoms with E-state index < -0.39 is 17.6 Å². The van der Waals surface area contributed by atoms with Gasteiger partial charge in [-0.15, -0.1) is 0 Å². The van der Waals surface area contributed by atoms with Gasteiger partial charge in [-0.1, -0.05) is 44.2 Å². The highest BCUT2D eigenvalue weighted by atomic mass is 16.6. The molecule has 0 bridgehead atoms. The predicted octanol–water partition coefficient (Wildman–Crippen LogP) is 2.38. The summed E-state index contributed by atoms with van der Waals surface area (Å²) in [7, 11) is 0. The molecule has 6 nitrogen and oxygen atoms in total. The molecular formula is C20H25N3O3. The summed E-state index contributed by atoms with van der Waals surface area (Å²) in [5.74, 6) is -0.556. The fraction of sp³-hybridized carbons (Fsp3) is 0.450. The van der Waals surface area contributed by atoms with Gasteiger partial charge in [0, 0.05) is 5.57 Å². The van der Waals surface area contributed by atoms with E-state index in [9.17, 15) is 9.59 Å². The van der Waals surface area contributed by atoms with Gasteiger partial charge in [-0.05, 0) is 31.7 Å². The molecule has 0 spiro atoms. The minimum Gasteiger partial charge on any atom is -0.450 e. The smallest absolute Gasteiger partial charge is 0.355 e. The third-order valence-corrected chi connectivity index (χ3v) is 4.15. The largest absolute Gasteiger partial charge is 0.450 e. The third-order valence-electron chi connectivity index (χ3n) is 4.15. The van der Waals surface area contributed by atoms with Crippen LogP contribution < -0.4 is 10.6 Å². The molecule has 1 amide bonds. The van der Waals surface area contributed by atoms with E-state index in [1.807, 2.05) is 64.1 Å². The first-order chi connectivity index (χ1) is 12.3. The molecule has 1 aromatic rings. The number of esters is 1. The molecule has 26 heavy (non-hydrogen) atoms. The van der Waals surface area contributed by atoms with E-state index in [-0.39, 0.29) is 18.4 Å². The zero-order valence-electron chi connectivity index (χ0n) is 15.6. The Morgan fingerprint density at radius 1 is 1.27 bits per heavy atom. The summed E-state index contributed by atoms with van der Waals surface area (Å²) in [6.45, 7) is 7.57. The van der Waals surface area contributed by atoms with E-state index in [1.165, 1.54) is 0 Å². The molecule has 1 heterocycles. The number of benzene rings is 1. The number of cyclic esters (lactones) is 1. The average molecular weight is 355 g/mol. The molecule has 0 saturated carbocycles. The van der Waals surface area contributed by atoms with E-state index in [0.717, 1.165) is 11.1 Å². The van der Waals surface area contributed by atoms with Crippen molar-refractivity contribution in [3.63, 3.8) is 0 Å². The number of carbonyl (C=O) groups excluding carboxylic acids is 2. The van der Waals surface area contributed by atoms with Crippen LogP contribution in [0.1, 0.15) is 39.7 Å². The summed E-state index contributed by atoms with van der Waals surface area (Å²) in [5, 5.41) is 14.4. The molecular weight excluding hydrogens is 330 g/mol. The Balaban J connectivity index is 2.41. The monoisotopic (exact) mass is 355 g/mol. The highest BCUT2D eigenvalue weighted by molar-refractivity contribution is 6.04. The Kier molecular flexibility index (Phi) is 6.04. The SMILES string of the molecule is CC(C)CC(NC1=C(c2ccccc2)C(C)(C)OC1=O)C(=O)NCC#N. The van der Waals surface area contributed by atoms with E-state index in [2.05, 4.69) is 10.6 Å². The van der Waals surface area contributed by atoms with E-state index in [1.54, 1.807) is 0 Å². The first kappa shape index (κ1) is 19.5. The molecule has 1 aliphatic rings. The molecule has 1 aromatic carbocycles. The topological polar surface area (TPSA) is 91.2 Å². The lowest BCUT2D eigenvalue weighted by Gasteiger charge is -2.23. The van der Waals surface area contributed by atoms with Crippen LogP contribution in [-0.2, 0) is 14.3 Å². The van der Waals surface area contributed by atoms with Crippen molar-refractivity contribution in [2.24, 2.45) is 5.92 Å². The van der Waals surface area contributed by atoms with Crippen molar-refractivity contribution in [2.45, 2.75) is 45.8 Å². The Morgan fingerprint density at radius 2 is 1.92 bits per heavy atom. The zero-order valence-corrected chi connectivity index (χ0v) is 15.6. The van der Waals surface area contributed by atoms with Crippen LogP contribution in [0, 0.1) is 17.2 Å². The molecule has 1 unspecified atom stereocenters. The highest BCUT2D eigenvalue weighted by Gasteiger charge is 2.42. The second-order valence-electron chi connectivity index (χ2n) is 7.22. The van der Waals surface area contributed by atoms with Gasteiger partial charge in [0.25, 0.3) is 0 Å². The van der Waals surface area contributed by atoms with Crippen LogP contribution in [0.4, 0.5) is 0 Å². The van der Waals surface area contributed by atoms with Gasteiger partial charge in [0.1, 0.15) is 23.9 Å². The number of amides is 1. The van der Waals surface area contributed by atoms with Crippen LogP contribution in [0.2, 0.25) is 0 Å². The molecule has 2 rings (SSSR count). The van der Waals surface area contributed by atoms with Gasteiger partial charge >= 0.3 is 5.97 Å². The molecule has 0 fully saturated rings. The van der Waals surface area contributed by atoms with Gasteiger partial charge in [-0.25, -0.2) is 4.79 Å². The summed E-state index contributed by atoms with van der Waals surface area (Å²) in [5.41, 5.74) is 1.10. The molecule has 1 atom stereocenters. The molecule has 0 saturated heterocycles. The lowest BCUT2D eigenvalue weighted by atomic mass is 9.91.